The van der Waals surface area contributed by atoms with Crippen molar-refractivity contribution in [2.75, 3.05) is 6.61 Å². The number of hydrogen-bond acceptors (Lipinski definition) is 4. The van der Waals surface area contributed by atoms with Crippen molar-refractivity contribution in [1.82, 2.24) is 0 Å². The summed E-state index contributed by atoms with van der Waals surface area (Å²) in [6.45, 7) is 3.34. The lowest BCUT2D eigenvalue weighted by molar-refractivity contribution is -0.154. The molecule has 0 aliphatic carbocycles. The maximum Gasteiger partial charge on any atom is 0.324 e. The third-order valence-electron chi connectivity index (χ3n) is 3.86. The predicted molar refractivity (Wildman–Crippen MR) is 105 cm³/mol. The molecule has 2 rings (SSSR count). The van der Waals surface area contributed by atoms with Crippen LogP contribution in [0.15, 0.2) is 48.5 Å². The Hall–Kier alpha value is -1.56. The molecule has 0 spiro atoms. The molecule has 0 saturated heterocycles. The Bertz CT molecular complexity index is 777. The van der Waals surface area contributed by atoms with Crippen LogP contribution in [0.5, 0.6) is 5.75 Å². The Kier molecular flexibility index (Phi) is 7.09. The molecule has 0 heterocycles. The maximum absolute atomic E-state index is 13.1. The first kappa shape index (κ1) is 20.7. The van der Waals surface area contributed by atoms with E-state index >= 15 is 0 Å². The fourth-order valence-corrected chi connectivity index (χ4v) is 3.26. The van der Waals surface area contributed by atoms with Crippen molar-refractivity contribution in [3.05, 3.63) is 64.1 Å². The number of ether oxygens (including phenoxy) is 2. The quantitative estimate of drug-likeness (QED) is 0.325. The topological polar surface area (TPSA) is 52.6 Å². The molecule has 0 N–H and O–H groups in total. The number of alkyl halides is 1. The number of halogens is 3. The van der Waals surface area contributed by atoms with E-state index in [9.17, 15) is 9.59 Å². The zero-order chi connectivity index (χ0) is 19.3. The average Bonchev–Trinajstić information content (AvgIpc) is 2.63. The van der Waals surface area contributed by atoms with Crippen molar-refractivity contribution in [1.29, 1.82) is 0 Å². The Morgan fingerprint density at radius 3 is 2.04 bits per heavy atom. The second kappa shape index (κ2) is 8.89. The number of hydrogen-bond donors (Lipinski definition) is 0. The molecule has 0 aliphatic rings. The smallest absolute Gasteiger partial charge is 0.324 e. The maximum atomic E-state index is 13.1. The Balaban J connectivity index is 2.34. The number of carbonyl (C=O) groups is 2. The highest BCUT2D eigenvalue weighted by Gasteiger charge is 2.47. The summed E-state index contributed by atoms with van der Waals surface area (Å²) < 4.78 is 10.8. The third kappa shape index (κ3) is 4.58. The van der Waals surface area contributed by atoms with E-state index in [0.29, 0.717) is 21.4 Å². The molecule has 0 radical (unpaired) electrons. The van der Waals surface area contributed by atoms with E-state index in [1.807, 2.05) is 0 Å². The van der Waals surface area contributed by atoms with Gasteiger partial charge in [-0.3, -0.25) is 9.59 Å². The normalized spacial score (nSPS) is 14.2. The van der Waals surface area contributed by atoms with Crippen LogP contribution in [-0.2, 0) is 19.7 Å². The fourth-order valence-electron chi connectivity index (χ4n) is 2.33. The van der Waals surface area contributed by atoms with Crippen molar-refractivity contribution in [3.8, 4) is 5.75 Å². The van der Waals surface area contributed by atoms with E-state index in [-0.39, 0.29) is 6.61 Å². The summed E-state index contributed by atoms with van der Waals surface area (Å²) in [6, 6.07) is 13.0. The van der Waals surface area contributed by atoms with Gasteiger partial charge in [-0.05, 0) is 71.7 Å². The predicted octanol–water partition coefficient (Wildman–Crippen LogP) is 5.18. The van der Waals surface area contributed by atoms with Gasteiger partial charge in [-0.2, -0.15) is 0 Å². The van der Waals surface area contributed by atoms with Crippen molar-refractivity contribution in [2.24, 2.45) is 0 Å². The van der Waals surface area contributed by atoms with E-state index < -0.39 is 22.2 Å². The monoisotopic (exact) mass is 458 g/mol. The molecule has 0 bridgehead atoms. The molecule has 0 aliphatic heterocycles. The molecule has 138 valence electrons. The Morgan fingerprint density at radius 1 is 1.04 bits per heavy atom. The lowest BCUT2D eigenvalue weighted by Crippen LogP contribution is -2.47. The number of Topliss-reactive ketones (excluding diaryl/α,β-unsaturated/α-hetero) is 1. The zero-order valence-corrected chi connectivity index (χ0v) is 17.3. The third-order valence-corrected chi connectivity index (χ3v) is 4.96. The molecule has 0 fully saturated rings. The molecule has 7 heteroatoms. The van der Waals surface area contributed by atoms with Crippen molar-refractivity contribution >= 4 is 50.9 Å². The minimum atomic E-state index is -1.55. The fraction of sp³-hybridized carbons (Fsp3) is 0.263. The minimum absolute atomic E-state index is 0.153. The standard InChI is InChI=1S/C19H17BrCl2O4/c1-3-25-18(24)19(2,12-4-6-13(21)7-5-12)16(23)17(20)26-15-10-8-14(22)9-11-15/h4-11,17H,3H2,1-2H3. The van der Waals surface area contributed by atoms with E-state index in [2.05, 4.69) is 15.9 Å². The van der Waals surface area contributed by atoms with Crippen molar-refractivity contribution in [3.63, 3.8) is 0 Å². The molecular weight excluding hydrogens is 443 g/mol. The Labute approximate surface area is 170 Å². The van der Waals surface area contributed by atoms with Crippen molar-refractivity contribution in [2.45, 2.75) is 24.3 Å². The van der Waals surface area contributed by atoms with Gasteiger partial charge in [0.05, 0.1) is 6.61 Å². The van der Waals surface area contributed by atoms with Crippen LogP contribution in [0.1, 0.15) is 19.4 Å². The van der Waals surface area contributed by atoms with Crippen LogP contribution in [0.2, 0.25) is 10.0 Å². The van der Waals surface area contributed by atoms with E-state index in [1.54, 1.807) is 55.5 Å². The summed E-state index contributed by atoms with van der Waals surface area (Å²) in [5.74, 6) is -0.711. The molecule has 26 heavy (non-hydrogen) atoms. The molecule has 2 atom stereocenters. The molecular formula is C19H17BrCl2O4. The summed E-state index contributed by atoms with van der Waals surface area (Å²) in [5.41, 5.74) is -1.09. The SMILES string of the molecule is CCOC(=O)C(C)(C(=O)C(Br)Oc1ccc(Cl)cc1)c1ccc(Cl)cc1. The minimum Gasteiger partial charge on any atom is -0.471 e. The largest absolute Gasteiger partial charge is 0.471 e. The highest BCUT2D eigenvalue weighted by atomic mass is 79.9. The summed E-state index contributed by atoms with van der Waals surface area (Å²) in [4.78, 5) is 25.7. The summed E-state index contributed by atoms with van der Waals surface area (Å²) in [6.07, 6.45) is 0. The van der Waals surface area contributed by atoms with E-state index in [4.69, 9.17) is 32.7 Å². The highest BCUT2D eigenvalue weighted by Crippen LogP contribution is 2.32. The second-order valence-corrected chi connectivity index (χ2v) is 7.31. The first-order valence-electron chi connectivity index (χ1n) is 7.83. The number of esters is 1. The van der Waals surface area contributed by atoms with Gasteiger partial charge in [0.25, 0.3) is 0 Å². The van der Waals surface area contributed by atoms with Crippen LogP contribution >= 0.6 is 39.1 Å². The van der Waals surface area contributed by atoms with Crippen LogP contribution in [0.25, 0.3) is 0 Å². The molecule has 0 saturated carbocycles. The number of carbonyl (C=O) groups excluding carboxylic acids is 2. The summed E-state index contributed by atoms with van der Waals surface area (Å²) >= 11 is 15.0. The van der Waals surface area contributed by atoms with Gasteiger partial charge >= 0.3 is 5.97 Å². The van der Waals surface area contributed by atoms with Crippen LogP contribution in [0.3, 0.4) is 0 Å². The van der Waals surface area contributed by atoms with Gasteiger partial charge < -0.3 is 9.47 Å². The van der Waals surface area contributed by atoms with Gasteiger partial charge in [-0.1, -0.05) is 35.3 Å². The summed E-state index contributed by atoms with van der Waals surface area (Å²) in [7, 11) is 0. The molecule has 2 unspecified atom stereocenters. The average molecular weight is 460 g/mol. The van der Waals surface area contributed by atoms with Crippen LogP contribution < -0.4 is 4.74 Å². The number of rotatable bonds is 7. The molecule has 2 aromatic rings. The lowest BCUT2D eigenvalue weighted by Gasteiger charge is -2.28. The molecule has 0 amide bonds. The summed E-state index contributed by atoms with van der Waals surface area (Å²) in [5, 5.41) is -0.0127. The van der Waals surface area contributed by atoms with E-state index in [0.717, 1.165) is 0 Å². The van der Waals surface area contributed by atoms with Crippen LogP contribution in [0, 0.1) is 0 Å². The number of ketones is 1. The van der Waals surface area contributed by atoms with E-state index in [1.165, 1.54) is 6.92 Å². The van der Waals surface area contributed by atoms with Gasteiger partial charge in [0.1, 0.15) is 5.75 Å². The van der Waals surface area contributed by atoms with Gasteiger partial charge in [0.2, 0.25) is 10.8 Å². The molecule has 2 aromatic carbocycles. The number of benzene rings is 2. The first-order chi connectivity index (χ1) is 12.3. The van der Waals surface area contributed by atoms with Crippen LogP contribution in [-0.4, -0.2) is 23.4 Å². The first-order valence-corrected chi connectivity index (χ1v) is 9.50. The lowest BCUT2D eigenvalue weighted by atomic mass is 9.78. The van der Waals surface area contributed by atoms with Gasteiger partial charge in [-0.15, -0.1) is 0 Å². The zero-order valence-electron chi connectivity index (χ0n) is 14.2. The van der Waals surface area contributed by atoms with Gasteiger partial charge in [-0.25, -0.2) is 0 Å². The van der Waals surface area contributed by atoms with Crippen LogP contribution in [0.4, 0.5) is 0 Å². The Morgan fingerprint density at radius 2 is 1.54 bits per heavy atom. The van der Waals surface area contributed by atoms with Gasteiger partial charge in [0, 0.05) is 10.0 Å². The van der Waals surface area contributed by atoms with Crippen molar-refractivity contribution < 1.29 is 19.1 Å². The molecule has 4 nitrogen and oxygen atoms in total. The highest BCUT2D eigenvalue weighted by molar-refractivity contribution is 9.09. The van der Waals surface area contributed by atoms with Gasteiger partial charge in [0.15, 0.2) is 5.41 Å². The second-order valence-electron chi connectivity index (χ2n) is 5.60. The molecule has 0 aromatic heterocycles.